The summed E-state index contributed by atoms with van der Waals surface area (Å²) < 4.78 is 50.2. The van der Waals surface area contributed by atoms with E-state index in [1.54, 1.807) is 13.3 Å². The highest BCUT2D eigenvalue weighted by atomic mass is 35.5. The second kappa shape index (κ2) is 14.3. The van der Waals surface area contributed by atoms with Gasteiger partial charge in [0.05, 0.1) is 36.2 Å². The maximum absolute atomic E-state index is 13.4. The fourth-order valence-corrected chi connectivity index (χ4v) is 4.27. The minimum Gasteiger partial charge on any atom is -0.496 e. The van der Waals surface area contributed by atoms with Gasteiger partial charge in [-0.1, -0.05) is 18.5 Å². The Balaban J connectivity index is 1.52. The molecular formula is C28H30ClF3N8O3. The Labute approximate surface area is 250 Å². The standard InChI is InChI=1S/C28H30ClF3N8O3/c1-4-40(11-12-42-2)10-9-33-27-34-15-22-24(39-27)25(36-16-35-22)38-21-13-17(5-7-20(21)29)26(41)37-18-6-8-23(43-3)19(14-18)28(30,31)32/h5-8,13-16H,4,9-12H2,1-3H3,(H,37,41)(H,33,34,39)(H,35,36,38). The topological polar surface area (TPSA) is 126 Å². The van der Waals surface area contributed by atoms with Gasteiger partial charge < -0.3 is 25.4 Å². The summed E-state index contributed by atoms with van der Waals surface area (Å²) >= 11 is 6.41. The first-order chi connectivity index (χ1) is 20.6. The van der Waals surface area contributed by atoms with E-state index < -0.39 is 17.6 Å². The summed E-state index contributed by atoms with van der Waals surface area (Å²) in [5.74, 6) is -0.307. The highest BCUT2D eigenvalue weighted by Gasteiger charge is 2.34. The Hall–Kier alpha value is -4.27. The zero-order valence-corrected chi connectivity index (χ0v) is 24.4. The molecule has 0 bridgehead atoms. The number of rotatable bonds is 13. The second-order valence-electron chi connectivity index (χ2n) is 9.19. The lowest BCUT2D eigenvalue weighted by Gasteiger charge is -2.19. The predicted octanol–water partition coefficient (Wildman–Crippen LogP) is 5.48. The number of nitrogens with one attached hydrogen (secondary N) is 3. The van der Waals surface area contributed by atoms with Gasteiger partial charge in [-0.2, -0.15) is 13.2 Å². The Morgan fingerprint density at radius 1 is 1.07 bits per heavy atom. The number of fused-ring (bicyclic) bond motifs is 1. The summed E-state index contributed by atoms with van der Waals surface area (Å²) in [4.78, 5) is 32.6. The first-order valence-corrected chi connectivity index (χ1v) is 13.6. The largest absolute Gasteiger partial charge is 0.496 e. The number of anilines is 4. The molecule has 3 N–H and O–H groups in total. The van der Waals surface area contributed by atoms with Crippen LogP contribution in [-0.4, -0.2) is 77.7 Å². The van der Waals surface area contributed by atoms with Crippen LogP contribution in [0.1, 0.15) is 22.8 Å². The second-order valence-corrected chi connectivity index (χ2v) is 9.60. The molecule has 0 fully saturated rings. The molecule has 15 heteroatoms. The van der Waals surface area contributed by atoms with Gasteiger partial charge in [-0.25, -0.2) is 19.9 Å². The molecule has 228 valence electrons. The minimum atomic E-state index is -4.66. The van der Waals surface area contributed by atoms with Crippen LogP contribution >= 0.6 is 11.6 Å². The molecule has 4 aromatic rings. The summed E-state index contributed by atoms with van der Waals surface area (Å²) in [6.07, 6.45) is -1.76. The molecule has 2 aromatic heterocycles. The molecule has 2 aromatic carbocycles. The number of carbonyl (C=O) groups is 1. The number of methoxy groups -OCH3 is 2. The number of alkyl halides is 3. The molecule has 0 atom stereocenters. The molecule has 1 amide bonds. The quantitative estimate of drug-likeness (QED) is 0.177. The SMILES string of the molecule is CCN(CCNc1ncc2ncnc(Nc3cc(C(=O)Nc4ccc(OC)c(C(F)(F)F)c4)ccc3Cl)c2n1)CCOC. The van der Waals surface area contributed by atoms with Crippen LogP contribution in [0.15, 0.2) is 48.9 Å². The summed E-state index contributed by atoms with van der Waals surface area (Å²) in [6.45, 7) is 5.75. The Morgan fingerprint density at radius 2 is 1.88 bits per heavy atom. The third-order valence-corrected chi connectivity index (χ3v) is 6.72. The van der Waals surface area contributed by atoms with Crippen molar-refractivity contribution in [3.8, 4) is 5.75 Å². The van der Waals surface area contributed by atoms with Gasteiger partial charge in [-0.05, 0) is 42.9 Å². The summed E-state index contributed by atoms with van der Waals surface area (Å²) in [5.41, 5.74) is 0.290. The number of hydrogen-bond acceptors (Lipinski definition) is 10. The summed E-state index contributed by atoms with van der Waals surface area (Å²) in [7, 11) is 2.81. The molecule has 4 rings (SSSR count). The van der Waals surface area contributed by atoms with Crippen molar-refractivity contribution in [2.75, 3.05) is 63.0 Å². The van der Waals surface area contributed by atoms with E-state index in [0.29, 0.717) is 41.6 Å². The normalized spacial score (nSPS) is 11.5. The van der Waals surface area contributed by atoms with Crippen LogP contribution < -0.4 is 20.7 Å². The van der Waals surface area contributed by atoms with E-state index in [2.05, 4.69) is 47.7 Å². The van der Waals surface area contributed by atoms with E-state index in [1.807, 2.05) is 0 Å². The molecule has 43 heavy (non-hydrogen) atoms. The lowest BCUT2D eigenvalue weighted by atomic mass is 10.1. The van der Waals surface area contributed by atoms with E-state index >= 15 is 0 Å². The number of ether oxygens (including phenoxy) is 2. The molecule has 0 saturated heterocycles. The van der Waals surface area contributed by atoms with Crippen molar-refractivity contribution in [1.82, 2.24) is 24.8 Å². The van der Waals surface area contributed by atoms with E-state index in [0.717, 1.165) is 38.9 Å². The molecule has 2 heterocycles. The number of benzene rings is 2. The van der Waals surface area contributed by atoms with Gasteiger partial charge in [0.1, 0.15) is 23.1 Å². The monoisotopic (exact) mass is 618 g/mol. The molecule has 0 saturated carbocycles. The van der Waals surface area contributed by atoms with Gasteiger partial charge >= 0.3 is 6.18 Å². The van der Waals surface area contributed by atoms with Crippen LogP contribution in [0, 0.1) is 0 Å². The molecule has 11 nitrogen and oxygen atoms in total. The van der Waals surface area contributed by atoms with Gasteiger partial charge in [-0.15, -0.1) is 0 Å². The number of carbonyl (C=O) groups excluding carboxylic acids is 1. The van der Waals surface area contributed by atoms with Crippen LogP contribution in [-0.2, 0) is 10.9 Å². The van der Waals surface area contributed by atoms with Gasteiger partial charge in [0.15, 0.2) is 5.82 Å². The number of hydrogen-bond donors (Lipinski definition) is 3. The zero-order chi connectivity index (χ0) is 31.0. The van der Waals surface area contributed by atoms with Crippen molar-refractivity contribution in [3.05, 3.63) is 65.1 Å². The van der Waals surface area contributed by atoms with E-state index in [-0.39, 0.29) is 22.0 Å². The number of amides is 1. The number of nitrogens with zero attached hydrogens (tertiary/aromatic N) is 5. The predicted molar refractivity (Wildman–Crippen MR) is 158 cm³/mol. The molecule has 0 radical (unpaired) electrons. The maximum atomic E-state index is 13.4. The maximum Gasteiger partial charge on any atom is 0.420 e. The lowest BCUT2D eigenvalue weighted by Crippen LogP contribution is -2.32. The van der Waals surface area contributed by atoms with Crippen LogP contribution in [0.25, 0.3) is 11.0 Å². The highest BCUT2D eigenvalue weighted by molar-refractivity contribution is 6.33. The molecular weight excluding hydrogens is 589 g/mol. The Bertz CT molecular complexity index is 1570. The van der Waals surface area contributed by atoms with Crippen LogP contribution in [0.2, 0.25) is 5.02 Å². The lowest BCUT2D eigenvalue weighted by molar-refractivity contribution is -0.138. The average Bonchev–Trinajstić information content (AvgIpc) is 2.99. The first kappa shape index (κ1) is 31.7. The Morgan fingerprint density at radius 3 is 2.60 bits per heavy atom. The van der Waals surface area contributed by atoms with Crippen molar-refractivity contribution >= 4 is 51.7 Å². The molecule has 0 spiro atoms. The first-order valence-electron chi connectivity index (χ1n) is 13.2. The number of aromatic nitrogens is 4. The number of likely N-dealkylation sites (N-methyl/N-ethyl adjacent to an activating group) is 1. The molecule has 0 unspecified atom stereocenters. The van der Waals surface area contributed by atoms with Crippen LogP contribution in [0.4, 0.5) is 36.3 Å². The van der Waals surface area contributed by atoms with E-state index in [4.69, 9.17) is 21.1 Å². The van der Waals surface area contributed by atoms with Gasteiger partial charge in [0.2, 0.25) is 5.95 Å². The molecule has 0 aliphatic rings. The molecule has 0 aliphatic carbocycles. The fraction of sp³-hybridized carbons (Fsp3) is 0.321. The van der Waals surface area contributed by atoms with Gasteiger partial charge in [0.25, 0.3) is 5.91 Å². The zero-order valence-electron chi connectivity index (χ0n) is 23.6. The highest BCUT2D eigenvalue weighted by Crippen LogP contribution is 2.38. The Kier molecular flexibility index (Phi) is 10.5. The van der Waals surface area contributed by atoms with E-state index in [9.17, 15) is 18.0 Å². The van der Waals surface area contributed by atoms with Crippen molar-refractivity contribution in [2.24, 2.45) is 0 Å². The summed E-state index contributed by atoms with van der Waals surface area (Å²) in [5, 5.41) is 9.04. The van der Waals surface area contributed by atoms with Gasteiger partial charge in [-0.3, -0.25) is 9.69 Å². The fourth-order valence-electron chi connectivity index (χ4n) is 4.11. The third kappa shape index (κ3) is 8.18. The number of halogens is 4. The minimum absolute atomic E-state index is 0.0538. The van der Waals surface area contributed by atoms with Crippen LogP contribution in [0.3, 0.4) is 0 Å². The van der Waals surface area contributed by atoms with E-state index in [1.165, 1.54) is 30.6 Å². The van der Waals surface area contributed by atoms with Crippen molar-refractivity contribution in [1.29, 1.82) is 0 Å². The summed E-state index contributed by atoms with van der Waals surface area (Å²) in [6, 6.07) is 7.66. The van der Waals surface area contributed by atoms with Crippen LogP contribution in [0.5, 0.6) is 5.75 Å². The molecule has 0 aliphatic heterocycles. The third-order valence-electron chi connectivity index (χ3n) is 6.39. The van der Waals surface area contributed by atoms with Crippen molar-refractivity contribution in [3.63, 3.8) is 0 Å². The van der Waals surface area contributed by atoms with Crippen molar-refractivity contribution < 1.29 is 27.4 Å². The van der Waals surface area contributed by atoms with Gasteiger partial charge in [0, 0.05) is 38.0 Å². The average molecular weight is 619 g/mol. The van der Waals surface area contributed by atoms with Crippen molar-refractivity contribution in [2.45, 2.75) is 13.1 Å². The smallest absolute Gasteiger partial charge is 0.420 e.